The summed E-state index contributed by atoms with van der Waals surface area (Å²) in [5, 5.41) is 3.32. The molecule has 0 saturated carbocycles. The lowest BCUT2D eigenvalue weighted by molar-refractivity contribution is 0.106. The second kappa shape index (κ2) is 5.60. The molecule has 0 amide bonds. The highest BCUT2D eigenvalue weighted by molar-refractivity contribution is 5.21. The molecule has 0 atom stereocenters. The van der Waals surface area contributed by atoms with E-state index in [9.17, 15) is 0 Å². The van der Waals surface area contributed by atoms with E-state index in [0.29, 0.717) is 5.92 Å². The summed E-state index contributed by atoms with van der Waals surface area (Å²) in [4.78, 5) is 4.79. The third-order valence-electron chi connectivity index (χ3n) is 1.56. The first kappa shape index (κ1) is 8.47. The molecule has 2 nitrogen and oxygen atoms in total. The van der Waals surface area contributed by atoms with E-state index in [1.807, 2.05) is 0 Å². The van der Waals surface area contributed by atoms with Crippen LogP contribution in [0, 0.1) is 5.92 Å². The SMILES string of the molecule is C=NOCC(CC)CC. The minimum Gasteiger partial charge on any atom is -0.396 e. The zero-order chi connectivity index (χ0) is 7.11. The van der Waals surface area contributed by atoms with Crippen molar-refractivity contribution < 1.29 is 4.84 Å². The van der Waals surface area contributed by atoms with Crippen molar-refractivity contribution in [2.45, 2.75) is 26.7 Å². The minimum atomic E-state index is 0.649. The first-order valence-corrected chi connectivity index (χ1v) is 3.43. The van der Waals surface area contributed by atoms with Crippen LogP contribution in [0.2, 0.25) is 0 Å². The van der Waals surface area contributed by atoms with Crippen LogP contribution < -0.4 is 0 Å². The van der Waals surface area contributed by atoms with Crippen LogP contribution in [0.15, 0.2) is 5.16 Å². The Morgan fingerprint density at radius 2 is 2.00 bits per heavy atom. The number of hydrogen-bond donors (Lipinski definition) is 0. The van der Waals surface area contributed by atoms with Crippen molar-refractivity contribution in [3.63, 3.8) is 0 Å². The smallest absolute Gasteiger partial charge is 0.119 e. The average molecular weight is 129 g/mol. The van der Waals surface area contributed by atoms with Crippen molar-refractivity contribution in [1.29, 1.82) is 0 Å². The van der Waals surface area contributed by atoms with Crippen LogP contribution in [0.1, 0.15) is 26.7 Å². The molecule has 0 heterocycles. The third kappa shape index (κ3) is 4.01. The van der Waals surface area contributed by atoms with Gasteiger partial charge in [0, 0.05) is 6.72 Å². The van der Waals surface area contributed by atoms with Gasteiger partial charge in [-0.1, -0.05) is 13.8 Å². The summed E-state index contributed by atoms with van der Waals surface area (Å²) in [6.07, 6.45) is 2.32. The van der Waals surface area contributed by atoms with E-state index < -0.39 is 0 Å². The van der Waals surface area contributed by atoms with Gasteiger partial charge in [-0.05, 0) is 18.8 Å². The minimum absolute atomic E-state index is 0.649. The Hall–Kier alpha value is -0.530. The highest BCUT2D eigenvalue weighted by Gasteiger charge is 2.01. The van der Waals surface area contributed by atoms with Crippen molar-refractivity contribution in [2.24, 2.45) is 11.1 Å². The molecule has 9 heavy (non-hydrogen) atoms. The van der Waals surface area contributed by atoms with Gasteiger partial charge in [-0.3, -0.25) is 0 Å². The Kier molecular flexibility index (Phi) is 5.27. The molecule has 0 aromatic rings. The van der Waals surface area contributed by atoms with Crippen molar-refractivity contribution in [3.8, 4) is 0 Å². The van der Waals surface area contributed by atoms with E-state index in [0.717, 1.165) is 19.4 Å². The predicted octanol–water partition coefficient (Wildman–Crippen LogP) is 2.05. The summed E-state index contributed by atoms with van der Waals surface area (Å²) in [6.45, 7) is 8.25. The van der Waals surface area contributed by atoms with Crippen LogP contribution >= 0.6 is 0 Å². The first-order valence-electron chi connectivity index (χ1n) is 3.43. The molecule has 0 spiro atoms. The summed E-state index contributed by atoms with van der Waals surface area (Å²) in [5.41, 5.74) is 0. The molecule has 0 rings (SSSR count). The summed E-state index contributed by atoms with van der Waals surface area (Å²) < 4.78 is 0. The maximum absolute atomic E-state index is 4.79. The number of rotatable bonds is 5. The molecule has 0 saturated heterocycles. The highest BCUT2D eigenvalue weighted by Crippen LogP contribution is 2.06. The molecule has 0 radical (unpaired) electrons. The Morgan fingerprint density at radius 3 is 2.33 bits per heavy atom. The number of hydrogen-bond acceptors (Lipinski definition) is 2. The van der Waals surface area contributed by atoms with Crippen molar-refractivity contribution in [2.75, 3.05) is 6.61 Å². The molecule has 0 aromatic heterocycles. The van der Waals surface area contributed by atoms with Crippen molar-refractivity contribution in [1.82, 2.24) is 0 Å². The molecule has 2 heteroatoms. The quantitative estimate of drug-likeness (QED) is 0.411. The molecule has 0 aliphatic rings. The van der Waals surface area contributed by atoms with Crippen LogP contribution in [-0.2, 0) is 4.84 Å². The van der Waals surface area contributed by atoms with Gasteiger partial charge in [0.25, 0.3) is 0 Å². The number of nitrogens with zero attached hydrogens (tertiary/aromatic N) is 1. The Morgan fingerprint density at radius 1 is 1.44 bits per heavy atom. The molecule has 0 bridgehead atoms. The molecular weight excluding hydrogens is 114 g/mol. The van der Waals surface area contributed by atoms with Crippen LogP contribution in [0.5, 0.6) is 0 Å². The number of oxime groups is 1. The monoisotopic (exact) mass is 129 g/mol. The second-order valence-electron chi connectivity index (χ2n) is 2.11. The van der Waals surface area contributed by atoms with Crippen LogP contribution in [0.25, 0.3) is 0 Å². The largest absolute Gasteiger partial charge is 0.396 e. The Labute approximate surface area is 56.9 Å². The maximum Gasteiger partial charge on any atom is 0.119 e. The molecule has 0 aliphatic carbocycles. The van der Waals surface area contributed by atoms with Crippen LogP contribution in [0.3, 0.4) is 0 Å². The lowest BCUT2D eigenvalue weighted by Gasteiger charge is -2.08. The summed E-state index contributed by atoms with van der Waals surface area (Å²) in [5.74, 6) is 0.649. The summed E-state index contributed by atoms with van der Waals surface area (Å²) >= 11 is 0. The van der Waals surface area contributed by atoms with E-state index in [1.165, 1.54) is 0 Å². The third-order valence-corrected chi connectivity index (χ3v) is 1.56. The van der Waals surface area contributed by atoms with Gasteiger partial charge < -0.3 is 4.84 Å². The topological polar surface area (TPSA) is 21.6 Å². The van der Waals surface area contributed by atoms with E-state index in [2.05, 4.69) is 25.7 Å². The molecule has 0 fully saturated rings. The Bertz CT molecular complexity index is 69.3. The van der Waals surface area contributed by atoms with Crippen LogP contribution in [0.4, 0.5) is 0 Å². The zero-order valence-electron chi connectivity index (χ0n) is 6.26. The predicted molar refractivity (Wildman–Crippen MR) is 39.6 cm³/mol. The van der Waals surface area contributed by atoms with Gasteiger partial charge in [0.05, 0.1) is 0 Å². The van der Waals surface area contributed by atoms with Crippen molar-refractivity contribution >= 4 is 6.72 Å². The average Bonchev–Trinajstić information content (AvgIpc) is 1.91. The van der Waals surface area contributed by atoms with E-state index in [4.69, 9.17) is 4.84 Å². The van der Waals surface area contributed by atoms with Gasteiger partial charge in [0.2, 0.25) is 0 Å². The van der Waals surface area contributed by atoms with Crippen molar-refractivity contribution in [3.05, 3.63) is 0 Å². The molecule has 0 aliphatic heterocycles. The lowest BCUT2D eigenvalue weighted by Crippen LogP contribution is -2.04. The summed E-state index contributed by atoms with van der Waals surface area (Å²) in [6, 6.07) is 0. The molecule has 54 valence electrons. The molecule has 0 unspecified atom stereocenters. The highest BCUT2D eigenvalue weighted by atomic mass is 16.6. The van der Waals surface area contributed by atoms with E-state index >= 15 is 0 Å². The van der Waals surface area contributed by atoms with Gasteiger partial charge in [-0.25, -0.2) is 0 Å². The first-order chi connectivity index (χ1) is 4.35. The fourth-order valence-corrected chi connectivity index (χ4v) is 0.682. The zero-order valence-corrected chi connectivity index (χ0v) is 6.26. The fourth-order valence-electron chi connectivity index (χ4n) is 0.682. The second-order valence-corrected chi connectivity index (χ2v) is 2.11. The van der Waals surface area contributed by atoms with Gasteiger partial charge >= 0.3 is 0 Å². The van der Waals surface area contributed by atoms with Gasteiger partial charge in [0.15, 0.2) is 0 Å². The van der Waals surface area contributed by atoms with Gasteiger partial charge in [0.1, 0.15) is 6.61 Å². The normalized spacial score (nSPS) is 9.67. The molecule has 0 N–H and O–H groups in total. The van der Waals surface area contributed by atoms with Gasteiger partial charge in [-0.15, -0.1) is 5.16 Å². The molecular formula is C7H15NO. The van der Waals surface area contributed by atoms with E-state index in [1.54, 1.807) is 0 Å². The fraction of sp³-hybridized carbons (Fsp3) is 0.857. The Balaban J connectivity index is 3.19. The standard InChI is InChI=1S/C7H15NO/c1-4-7(5-2)6-9-8-3/h7H,3-6H2,1-2H3. The lowest BCUT2D eigenvalue weighted by atomic mass is 10.1. The summed E-state index contributed by atoms with van der Waals surface area (Å²) in [7, 11) is 0. The van der Waals surface area contributed by atoms with E-state index in [-0.39, 0.29) is 0 Å². The molecule has 0 aromatic carbocycles. The van der Waals surface area contributed by atoms with Gasteiger partial charge in [-0.2, -0.15) is 0 Å². The van der Waals surface area contributed by atoms with Crippen LogP contribution in [-0.4, -0.2) is 13.3 Å². The maximum atomic E-state index is 4.79.